The fourth-order valence-corrected chi connectivity index (χ4v) is 6.47. The van der Waals surface area contributed by atoms with E-state index in [1.165, 1.54) is 10.4 Å². The molecular formula is C16H16BrClN2O3S2. The van der Waals surface area contributed by atoms with Crippen LogP contribution >= 0.6 is 38.9 Å². The van der Waals surface area contributed by atoms with Crippen LogP contribution in [0.15, 0.2) is 45.1 Å². The van der Waals surface area contributed by atoms with Crippen LogP contribution in [0.2, 0.25) is 4.34 Å². The molecule has 0 bridgehead atoms. The van der Waals surface area contributed by atoms with E-state index in [2.05, 4.69) is 21.2 Å². The molecule has 0 saturated carbocycles. The number of rotatable bonds is 4. The lowest BCUT2D eigenvalue weighted by Gasteiger charge is -2.33. The van der Waals surface area contributed by atoms with E-state index in [0.29, 0.717) is 23.0 Å². The van der Waals surface area contributed by atoms with Gasteiger partial charge in [-0.05, 0) is 43.2 Å². The number of sulfonamides is 1. The van der Waals surface area contributed by atoms with Crippen LogP contribution in [0.1, 0.15) is 19.3 Å². The Morgan fingerprint density at radius 3 is 2.76 bits per heavy atom. The fourth-order valence-electron chi connectivity index (χ4n) is 2.80. The maximum atomic E-state index is 12.9. The van der Waals surface area contributed by atoms with Gasteiger partial charge < -0.3 is 5.32 Å². The van der Waals surface area contributed by atoms with E-state index >= 15 is 0 Å². The van der Waals surface area contributed by atoms with Gasteiger partial charge in [0.2, 0.25) is 5.91 Å². The molecule has 9 heteroatoms. The van der Waals surface area contributed by atoms with Gasteiger partial charge >= 0.3 is 0 Å². The summed E-state index contributed by atoms with van der Waals surface area (Å²) in [6, 6.07) is 9.52. The number of piperidine rings is 1. The van der Waals surface area contributed by atoms with Crippen LogP contribution in [0.5, 0.6) is 0 Å². The Morgan fingerprint density at radius 1 is 1.28 bits per heavy atom. The second kappa shape index (κ2) is 7.75. The molecule has 25 heavy (non-hydrogen) atoms. The highest BCUT2D eigenvalue weighted by molar-refractivity contribution is 9.10. The van der Waals surface area contributed by atoms with Crippen molar-refractivity contribution in [2.45, 2.75) is 29.5 Å². The molecule has 3 rings (SSSR count). The van der Waals surface area contributed by atoms with Gasteiger partial charge in [0.05, 0.1) is 4.34 Å². The van der Waals surface area contributed by atoms with Crippen molar-refractivity contribution in [3.8, 4) is 0 Å². The molecule has 2 aromatic rings. The van der Waals surface area contributed by atoms with Crippen molar-refractivity contribution in [3.05, 3.63) is 45.2 Å². The SMILES string of the molecule is O=C(Nc1cccc(Br)c1)[C@H]1CCCCN1S(=O)(=O)c1ccc(Cl)s1. The minimum atomic E-state index is -3.74. The maximum Gasteiger partial charge on any atom is 0.253 e. The zero-order valence-corrected chi connectivity index (χ0v) is 17.1. The third-order valence-electron chi connectivity index (χ3n) is 3.96. The van der Waals surface area contributed by atoms with Gasteiger partial charge in [0.15, 0.2) is 0 Å². The van der Waals surface area contributed by atoms with Gasteiger partial charge in [0.25, 0.3) is 10.0 Å². The summed E-state index contributed by atoms with van der Waals surface area (Å²) in [7, 11) is -3.74. The number of hydrogen-bond acceptors (Lipinski definition) is 4. The number of amides is 1. The normalized spacial score (nSPS) is 18.9. The number of thiophene rings is 1. The average Bonchev–Trinajstić information content (AvgIpc) is 3.02. The summed E-state index contributed by atoms with van der Waals surface area (Å²) >= 11 is 10.2. The fraction of sp³-hybridized carbons (Fsp3) is 0.312. The third-order valence-corrected chi connectivity index (χ3v) is 8.06. The Kier molecular flexibility index (Phi) is 5.85. The molecule has 1 aliphatic rings. The predicted octanol–water partition coefficient (Wildman–Crippen LogP) is 4.35. The molecule has 1 aromatic heterocycles. The van der Waals surface area contributed by atoms with Crippen molar-refractivity contribution in [1.29, 1.82) is 0 Å². The largest absolute Gasteiger partial charge is 0.325 e. The summed E-state index contributed by atoms with van der Waals surface area (Å²) in [6.45, 7) is 0.328. The summed E-state index contributed by atoms with van der Waals surface area (Å²) in [5.41, 5.74) is 0.626. The van der Waals surface area contributed by atoms with Crippen LogP contribution < -0.4 is 5.32 Å². The number of halogens is 2. The lowest BCUT2D eigenvalue weighted by molar-refractivity contribution is -0.120. The van der Waals surface area contributed by atoms with Crippen LogP contribution in [0.3, 0.4) is 0 Å². The summed E-state index contributed by atoms with van der Waals surface area (Å²) < 4.78 is 28.5. The second-order valence-corrected chi connectivity index (χ2v) is 10.4. The molecule has 1 saturated heterocycles. The minimum Gasteiger partial charge on any atom is -0.325 e. The van der Waals surface area contributed by atoms with Crippen molar-refractivity contribution in [2.75, 3.05) is 11.9 Å². The molecule has 1 aromatic carbocycles. The smallest absolute Gasteiger partial charge is 0.253 e. The van der Waals surface area contributed by atoms with Crippen molar-refractivity contribution in [1.82, 2.24) is 4.31 Å². The number of anilines is 1. The molecule has 0 radical (unpaired) electrons. The predicted molar refractivity (Wildman–Crippen MR) is 104 cm³/mol. The Balaban J connectivity index is 1.84. The molecule has 1 aliphatic heterocycles. The van der Waals surface area contributed by atoms with Crippen LogP contribution in [0, 0.1) is 0 Å². The highest BCUT2D eigenvalue weighted by Gasteiger charge is 2.38. The number of nitrogens with one attached hydrogen (secondary N) is 1. The highest BCUT2D eigenvalue weighted by Crippen LogP contribution is 2.32. The number of hydrogen-bond donors (Lipinski definition) is 1. The summed E-state index contributed by atoms with van der Waals surface area (Å²) in [5, 5.41) is 2.81. The number of carbonyl (C=O) groups excluding carboxylic acids is 1. The van der Waals surface area contributed by atoms with Crippen molar-refractivity contribution >= 4 is 60.5 Å². The average molecular weight is 464 g/mol. The van der Waals surface area contributed by atoms with E-state index in [0.717, 1.165) is 28.7 Å². The van der Waals surface area contributed by atoms with Crippen LogP contribution in [0.4, 0.5) is 5.69 Å². The first-order chi connectivity index (χ1) is 11.9. The Labute approximate surface area is 164 Å². The molecule has 5 nitrogen and oxygen atoms in total. The number of nitrogens with zero attached hydrogens (tertiary/aromatic N) is 1. The Bertz CT molecular complexity index is 885. The molecule has 0 spiro atoms. The molecular weight excluding hydrogens is 448 g/mol. The first kappa shape index (κ1) is 18.8. The number of benzene rings is 1. The Hall–Kier alpha value is -0.930. The zero-order chi connectivity index (χ0) is 18.0. The van der Waals surface area contributed by atoms with Crippen molar-refractivity contribution in [2.24, 2.45) is 0 Å². The standard InChI is InChI=1S/C16H16BrClN2O3S2/c17-11-4-3-5-12(10-11)19-16(21)13-6-1-2-9-20(13)25(22,23)15-8-7-14(18)24-15/h3-5,7-8,10,13H,1-2,6,9H2,(H,19,21)/t13-/m1/s1. The molecule has 1 N–H and O–H groups in total. The van der Waals surface area contributed by atoms with Gasteiger partial charge in [0.1, 0.15) is 10.3 Å². The summed E-state index contributed by atoms with van der Waals surface area (Å²) in [6.07, 6.45) is 2.05. The van der Waals surface area contributed by atoms with Crippen molar-refractivity contribution in [3.63, 3.8) is 0 Å². The maximum absolute atomic E-state index is 12.9. The molecule has 0 aliphatic carbocycles. The second-order valence-electron chi connectivity index (χ2n) is 5.69. The van der Waals surface area contributed by atoms with Crippen molar-refractivity contribution < 1.29 is 13.2 Å². The summed E-state index contributed by atoms with van der Waals surface area (Å²) in [5.74, 6) is -0.316. The first-order valence-electron chi connectivity index (χ1n) is 7.71. The molecule has 1 amide bonds. The first-order valence-corrected chi connectivity index (χ1v) is 11.1. The number of carbonyl (C=O) groups is 1. The van der Waals surface area contributed by atoms with Crippen LogP contribution in [-0.2, 0) is 14.8 Å². The van der Waals surface area contributed by atoms with E-state index in [4.69, 9.17) is 11.6 Å². The van der Waals surface area contributed by atoms with Crippen LogP contribution in [-0.4, -0.2) is 31.2 Å². The van der Waals surface area contributed by atoms with E-state index in [-0.39, 0.29) is 10.1 Å². The molecule has 2 heterocycles. The Morgan fingerprint density at radius 2 is 2.08 bits per heavy atom. The van der Waals surface area contributed by atoms with Gasteiger partial charge in [-0.3, -0.25) is 4.79 Å². The quantitative estimate of drug-likeness (QED) is 0.733. The van der Waals surface area contributed by atoms with E-state index in [1.54, 1.807) is 18.2 Å². The van der Waals surface area contributed by atoms with Gasteiger partial charge in [-0.2, -0.15) is 4.31 Å². The van der Waals surface area contributed by atoms with E-state index in [1.807, 2.05) is 12.1 Å². The van der Waals surface area contributed by atoms with Gasteiger partial charge in [-0.1, -0.05) is 40.0 Å². The lowest BCUT2D eigenvalue weighted by Crippen LogP contribution is -2.49. The van der Waals surface area contributed by atoms with Crippen LogP contribution in [0.25, 0.3) is 0 Å². The summed E-state index contributed by atoms with van der Waals surface area (Å²) in [4.78, 5) is 12.7. The minimum absolute atomic E-state index is 0.166. The molecule has 1 atom stereocenters. The topological polar surface area (TPSA) is 66.5 Å². The van der Waals surface area contributed by atoms with Gasteiger partial charge in [-0.25, -0.2) is 8.42 Å². The highest BCUT2D eigenvalue weighted by atomic mass is 79.9. The monoisotopic (exact) mass is 462 g/mol. The van der Waals surface area contributed by atoms with E-state index < -0.39 is 16.1 Å². The van der Waals surface area contributed by atoms with Gasteiger partial charge in [-0.15, -0.1) is 11.3 Å². The molecule has 1 fully saturated rings. The van der Waals surface area contributed by atoms with Gasteiger partial charge in [0, 0.05) is 16.7 Å². The third kappa shape index (κ3) is 4.25. The molecule has 134 valence electrons. The lowest BCUT2D eigenvalue weighted by atomic mass is 10.0. The van der Waals surface area contributed by atoms with E-state index in [9.17, 15) is 13.2 Å². The molecule has 0 unspecified atom stereocenters. The zero-order valence-electron chi connectivity index (χ0n) is 13.1.